The molecule has 2 heterocycles. The molecular weight excluding hydrogens is 258 g/mol. The molecule has 108 valence electrons. The lowest BCUT2D eigenvalue weighted by molar-refractivity contribution is 0.152. The van der Waals surface area contributed by atoms with Crippen LogP contribution in [0.3, 0.4) is 0 Å². The van der Waals surface area contributed by atoms with Gasteiger partial charge in [0.2, 0.25) is 0 Å². The predicted molar refractivity (Wildman–Crippen MR) is 81.2 cm³/mol. The van der Waals surface area contributed by atoms with Crippen molar-refractivity contribution in [2.24, 2.45) is 0 Å². The van der Waals surface area contributed by atoms with Crippen LogP contribution in [0, 0.1) is 0 Å². The van der Waals surface area contributed by atoms with Gasteiger partial charge in [-0.3, -0.25) is 0 Å². The number of nitrogens with zero attached hydrogens (tertiary/aromatic N) is 2. The number of anilines is 1. The highest BCUT2D eigenvalue weighted by atomic mass is 32.1. The molecule has 0 aliphatic carbocycles. The minimum atomic E-state index is 0.538. The van der Waals surface area contributed by atoms with Gasteiger partial charge >= 0.3 is 0 Å². The summed E-state index contributed by atoms with van der Waals surface area (Å²) in [7, 11) is 2.00. The lowest BCUT2D eigenvalue weighted by Gasteiger charge is -2.17. The Kier molecular flexibility index (Phi) is 5.60. The van der Waals surface area contributed by atoms with Crippen LogP contribution in [0.4, 0.5) is 5.13 Å². The summed E-state index contributed by atoms with van der Waals surface area (Å²) in [5.41, 5.74) is 1.28. The number of ether oxygens (including phenoxy) is 1. The van der Waals surface area contributed by atoms with Gasteiger partial charge in [-0.05, 0) is 25.8 Å². The molecule has 1 aliphatic heterocycles. The van der Waals surface area contributed by atoms with E-state index in [9.17, 15) is 0 Å². The van der Waals surface area contributed by atoms with Gasteiger partial charge in [0.1, 0.15) is 0 Å². The van der Waals surface area contributed by atoms with Crippen LogP contribution in [-0.2, 0) is 11.3 Å². The summed E-state index contributed by atoms with van der Waals surface area (Å²) in [6.07, 6.45) is 2.24. The Hall–Kier alpha value is -0.650. The molecule has 1 aromatic heterocycles. The molecule has 1 unspecified atom stereocenters. The summed E-state index contributed by atoms with van der Waals surface area (Å²) < 4.78 is 5.52. The summed E-state index contributed by atoms with van der Waals surface area (Å²) in [5.74, 6) is 0.538. The van der Waals surface area contributed by atoms with Gasteiger partial charge < -0.3 is 15.0 Å². The molecule has 1 saturated heterocycles. The number of aromatic nitrogens is 1. The Morgan fingerprint density at radius 1 is 1.42 bits per heavy atom. The van der Waals surface area contributed by atoms with E-state index in [0.29, 0.717) is 5.92 Å². The van der Waals surface area contributed by atoms with Crippen LogP contribution in [0.15, 0.2) is 0 Å². The van der Waals surface area contributed by atoms with Crippen LogP contribution in [0.25, 0.3) is 0 Å². The lowest BCUT2D eigenvalue weighted by atomic mass is 10.0. The summed E-state index contributed by atoms with van der Waals surface area (Å²) in [6.45, 7) is 9.14. The van der Waals surface area contributed by atoms with E-state index < -0.39 is 0 Å². The molecule has 0 amide bonds. The molecule has 5 heteroatoms. The Balaban J connectivity index is 2.20. The third kappa shape index (κ3) is 3.68. The van der Waals surface area contributed by atoms with Crippen LogP contribution >= 0.6 is 11.3 Å². The minimum absolute atomic E-state index is 0.538. The van der Waals surface area contributed by atoms with E-state index in [1.807, 2.05) is 18.4 Å². The number of nitrogens with one attached hydrogen (secondary N) is 1. The largest absolute Gasteiger partial charge is 0.380 e. The van der Waals surface area contributed by atoms with Crippen molar-refractivity contribution in [3.05, 3.63) is 10.6 Å². The topological polar surface area (TPSA) is 37.4 Å². The van der Waals surface area contributed by atoms with Crippen molar-refractivity contribution < 1.29 is 4.74 Å². The quantitative estimate of drug-likeness (QED) is 0.901. The molecule has 1 aromatic rings. The molecule has 0 aromatic carbocycles. The van der Waals surface area contributed by atoms with Gasteiger partial charge in [-0.1, -0.05) is 13.8 Å². The average molecular weight is 283 g/mol. The molecule has 1 N–H and O–H groups in total. The molecule has 1 aliphatic rings. The maximum atomic E-state index is 5.52. The van der Waals surface area contributed by atoms with E-state index >= 15 is 0 Å². The average Bonchev–Trinajstić information content (AvgIpc) is 2.65. The number of thiazole rings is 1. The first-order valence-electron chi connectivity index (χ1n) is 7.23. The first kappa shape index (κ1) is 14.8. The van der Waals surface area contributed by atoms with E-state index in [1.54, 1.807) is 0 Å². The van der Waals surface area contributed by atoms with Crippen molar-refractivity contribution in [1.82, 2.24) is 10.3 Å². The first-order chi connectivity index (χ1) is 9.26. The zero-order valence-electron chi connectivity index (χ0n) is 12.2. The van der Waals surface area contributed by atoms with Crippen LogP contribution in [0.2, 0.25) is 0 Å². The molecule has 0 spiro atoms. The van der Waals surface area contributed by atoms with Crippen molar-refractivity contribution in [2.45, 2.75) is 39.2 Å². The van der Waals surface area contributed by atoms with E-state index in [0.717, 1.165) is 45.7 Å². The summed E-state index contributed by atoms with van der Waals surface area (Å²) in [4.78, 5) is 8.68. The van der Waals surface area contributed by atoms with Crippen LogP contribution in [-0.4, -0.2) is 38.3 Å². The molecule has 2 rings (SSSR count). The normalized spacial score (nSPS) is 18.4. The molecule has 19 heavy (non-hydrogen) atoms. The number of rotatable bonds is 5. The van der Waals surface area contributed by atoms with Crippen molar-refractivity contribution in [3.63, 3.8) is 0 Å². The van der Waals surface area contributed by atoms with Gasteiger partial charge in [-0.15, -0.1) is 11.3 Å². The van der Waals surface area contributed by atoms with Crippen LogP contribution in [0.1, 0.15) is 43.2 Å². The van der Waals surface area contributed by atoms with Gasteiger partial charge in [0.15, 0.2) is 5.13 Å². The van der Waals surface area contributed by atoms with Crippen molar-refractivity contribution >= 4 is 16.5 Å². The Morgan fingerprint density at radius 2 is 2.26 bits per heavy atom. The number of hydrogen-bond acceptors (Lipinski definition) is 5. The van der Waals surface area contributed by atoms with E-state index in [-0.39, 0.29) is 0 Å². The summed E-state index contributed by atoms with van der Waals surface area (Å²) in [6, 6.07) is 0. The lowest BCUT2D eigenvalue weighted by Crippen LogP contribution is -2.25. The highest BCUT2D eigenvalue weighted by Crippen LogP contribution is 2.32. The van der Waals surface area contributed by atoms with Gasteiger partial charge in [0.05, 0.1) is 12.3 Å². The fourth-order valence-corrected chi connectivity index (χ4v) is 3.53. The molecule has 1 fully saturated rings. The van der Waals surface area contributed by atoms with Gasteiger partial charge in [0, 0.05) is 31.1 Å². The molecule has 0 saturated carbocycles. The maximum Gasteiger partial charge on any atom is 0.185 e. The van der Waals surface area contributed by atoms with E-state index in [4.69, 9.17) is 9.72 Å². The first-order valence-corrected chi connectivity index (χ1v) is 8.04. The minimum Gasteiger partial charge on any atom is -0.380 e. The van der Waals surface area contributed by atoms with Gasteiger partial charge in [-0.25, -0.2) is 4.98 Å². The van der Waals surface area contributed by atoms with Gasteiger partial charge in [-0.2, -0.15) is 0 Å². The van der Waals surface area contributed by atoms with Crippen LogP contribution in [0.5, 0.6) is 0 Å². The second-order valence-corrected chi connectivity index (χ2v) is 6.16. The Bertz CT molecular complexity index is 386. The number of hydrogen-bond donors (Lipinski definition) is 1. The Morgan fingerprint density at radius 3 is 3.00 bits per heavy atom. The molecular formula is C14H25N3OS. The maximum absolute atomic E-state index is 5.52. The highest BCUT2D eigenvalue weighted by molar-refractivity contribution is 7.15. The molecule has 0 bridgehead atoms. The van der Waals surface area contributed by atoms with E-state index in [1.165, 1.54) is 15.7 Å². The van der Waals surface area contributed by atoms with Crippen molar-refractivity contribution in [3.8, 4) is 0 Å². The molecule has 1 atom stereocenters. The van der Waals surface area contributed by atoms with Crippen molar-refractivity contribution in [2.75, 3.05) is 38.3 Å². The van der Waals surface area contributed by atoms with Crippen molar-refractivity contribution in [1.29, 1.82) is 0 Å². The summed E-state index contributed by atoms with van der Waals surface area (Å²) >= 11 is 1.84. The van der Waals surface area contributed by atoms with E-state index in [2.05, 4.69) is 24.1 Å². The fraction of sp³-hybridized carbons (Fsp3) is 0.786. The fourth-order valence-electron chi connectivity index (χ4n) is 2.29. The van der Waals surface area contributed by atoms with Gasteiger partial charge in [0.25, 0.3) is 0 Å². The second kappa shape index (κ2) is 7.22. The third-order valence-corrected chi connectivity index (χ3v) is 4.76. The van der Waals surface area contributed by atoms with Crippen LogP contribution < -0.4 is 10.2 Å². The standard InChI is InChI=1S/C14H25N3OS/c1-4-11(2)13-12(10-15-3)19-14(16-13)17-6-5-8-18-9-7-17/h11,15H,4-10H2,1-3H3. The predicted octanol–water partition coefficient (Wildman–Crippen LogP) is 2.60. The monoisotopic (exact) mass is 283 g/mol. The smallest absolute Gasteiger partial charge is 0.185 e. The third-order valence-electron chi connectivity index (χ3n) is 3.63. The zero-order valence-corrected chi connectivity index (χ0v) is 13.1. The molecule has 4 nitrogen and oxygen atoms in total. The molecule has 0 radical (unpaired) electrons. The highest BCUT2D eigenvalue weighted by Gasteiger charge is 2.19. The summed E-state index contributed by atoms with van der Waals surface area (Å²) in [5, 5.41) is 4.43. The Labute approximate surface area is 120 Å². The zero-order chi connectivity index (χ0) is 13.7. The second-order valence-electron chi connectivity index (χ2n) is 5.10. The SMILES string of the molecule is CCC(C)c1nc(N2CCCOCC2)sc1CNC.